The molecule has 94 valence electrons. The Morgan fingerprint density at radius 3 is 3.00 bits per heavy atom. The molecule has 0 aliphatic heterocycles. The van der Waals surface area contributed by atoms with Crippen molar-refractivity contribution in [3.63, 3.8) is 0 Å². The number of anilines is 1. The number of aliphatic hydroxyl groups excluding tert-OH is 1. The van der Waals surface area contributed by atoms with E-state index >= 15 is 0 Å². The first kappa shape index (κ1) is 14.0. The van der Waals surface area contributed by atoms with Crippen molar-refractivity contribution in [2.75, 3.05) is 11.9 Å². The predicted molar refractivity (Wildman–Crippen MR) is 72.9 cm³/mol. The molecular formula is C11H16ClN3OS. The fourth-order valence-electron chi connectivity index (χ4n) is 1.54. The maximum Gasteiger partial charge on any atom is 0.124 e. The predicted octanol–water partition coefficient (Wildman–Crippen LogP) is 2.28. The topological polar surface area (TPSA) is 50.1 Å². The van der Waals surface area contributed by atoms with Crippen molar-refractivity contribution < 1.29 is 5.11 Å². The molecule has 2 aromatic heterocycles. The van der Waals surface area contributed by atoms with Gasteiger partial charge in [0, 0.05) is 12.6 Å². The van der Waals surface area contributed by atoms with Crippen molar-refractivity contribution in [3.8, 4) is 0 Å². The molecule has 0 radical (unpaired) electrons. The highest BCUT2D eigenvalue weighted by molar-refractivity contribution is 7.07. The van der Waals surface area contributed by atoms with Crippen molar-refractivity contribution >= 4 is 29.6 Å². The molecule has 17 heavy (non-hydrogen) atoms. The smallest absolute Gasteiger partial charge is 0.124 e. The molecule has 0 unspecified atom stereocenters. The number of rotatable bonds is 5. The number of hydrogen-bond acceptors (Lipinski definition) is 4. The van der Waals surface area contributed by atoms with Crippen LogP contribution in [0.2, 0.25) is 0 Å². The monoisotopic (exact) mass is 273 g/mol. The Bertz CT molecular complexity index is 442. The van der Waals surface area contributed by atoms with Crippen LogP contribution in [0.25, 0.3) is 0 Å². The number of nitrogens with one attached hydrogen (secondary N) is 1. The third-order valence-electron chi connectivity index (χ3n) is 2.27. The van der Waals surface area contributed by atoms with E-state index in [0.717, 1.165) is 18.1 Å². The minimum Gasteiger partial charge on any atom is -0.394 e. The van der Waals surface area contributed by atoms with Crippen molar-refractivity contribution in [2.45, 2.75) is 20.0 Å². The standard InChI is InChI=1S/C11H15N3OS.ClH/c1-9-6-11(14(13-9)3-4-15)12-7-10-2-5-16-8-10;/h2,5-6,8,12,15H,3-4,7H2,1H3;1H. The molecule has 0 aliphatic rings. The third kappa shape index (κ3) is 3.73. The number of hydrogen-bond donors (Lipinski definition) is 2. The Kier molecular flexibility index (Phi) is 5.47. The lowest BCUT2D eigenvalue weighted by molar-refractivity contribution is 0.270. The first-order chi connectivity index (χ1) is 7.79. The molecule has 6 heteroatoms. The van der Waals surface area contributed by atoms with Crippen LogP contribution in [0.3, 0.4) is 0 Å². The number of halogens is 1. The van der Waals surface area contributed by atoms with E-state index in [0.29, 0.717) is 6.54 Å². The molecule has 0 amide bonds. The maximum atomic E-state index is 8.92. The van der Waals surface area contributed by atoms with E-state index in [4.69, 9.17) is 5.11 Å². The van der Waals surface area contributed by atoms with E-state index in [9.17, 15) is 0 Å². The number of aryl methyl sites for hydroxylation is 1. The minimum absolute atomic E-state index is 0. The molecule has 0 aromatic carbocycles. The Labute approximate surface area is 111 Å². The van der Waals surface area contributed by atoms with E-state index in [-0.39, 0.29) is 19.0 Å². The molecule has 0 bridgehead atoms. The highest BCUT2D eigenvalue weighted by Gasteiger charge is 2.04. The summed E-state index contributed by atoms with van der Waals surface area (Å²) in [5, 5.41) is 20.7. The van der Waals surface area contributed by atoms with Gasteiger partial charge in [0.05, 0.1) is 18.8 Å². The van der Waals surface area contributed by atoms with Crippen LogP contribution in [0.4, 0.5) is 5.82 Å². The van der Waals surface area contributed by atoms with Crippen molar-refractivity contribution in [3.05, 3.63) is 34.2 Å². The number of aromatic nitrogens is 2. The highest BCUT2D eigenvalue weighted by atomic mass is 35.5. The summed E-state index contributed by atoms with van der Waals surface area (Å²) in [4.78, 5) is 0. The van der Waals surface area contributed by atoms with Gasteiger partial charge in [-0.1, -0.05) is 0 Å². The van der Waals surface area contributed by atoms with Gasteiger partial charge in [-0.25, -0.2) is 4.68 Å². The first-order valence-electron chi connectivity index (χ1n) is 5.20. The van der Waals surface area contributed by atoms with Crippen LogP contribution in [0.1, 0.15) is 11.3 Å². The van der Waals surface area contributed by atoms with E-state index in [1.54, 1.807) is 16.0 Å². The van der Waals surface area contributed by atoms with E-state index in [2.05, 4.69) is 27.2 Å². The zero-order chi connectivity index (χ0) is 11.4. The summed E-state index contributed by atoms with van der Waals surface area (Å²) in [5.41, 5.74) is 2.22. The third-order valence-corrected chi connectivity index (χ3v) is 3.00. The van der Waals surface area contributed by atoms with Gasteiger partial charge in [-0.15, -0.1) is 12.4 Å². The molecule has 0 saturated heterocycles. The van der Waals surface area contributed by atoms with Crippen LogP contribution < -0.4 is 5.32 Å². The van der Waals surface area contributed by atoms with Gasteiger partial charge in [-0.2, -0.15) is 16.4 Å². The zero-order valence-electron chi connectivity index (χ0n) is 9.59. The second-order valence-corrected chi connectivity index (χ2v) is 4.38. The molecule has 2 heterocycles. The van der Waals surface area contributed by atoms with Crippen LogP contribution in [-0.2, 0) is 13.1 Å². The fourth-order valence-corrected chi connectivity index (χ4v) is 2.21. The maximum absolute atomic E-state index is 8.92. The Morgan fingerprint density at radius 1 is 1.53 bits per heavy atom. The van der Waals surface area contributed by atoms with Crippen LogP contribution in [0.5, 0.6) is 0 Å². The fraction of sp³-hybridized carbons (Fsp3) is 0.364. The lowest BCUT2D eigenvalue weighted by Gasteiger charge is -2.07. The molecule has 0 fully saturated rings. The SMILES string of the molecule is Cc1cc(NCc2ccsc2)n(CCO)n1.Cl. The van der Waals surface area contributed by atoms with Crippen LogP contribution >= 0.6 is 23.7 Å². The molecular weight excluding hydrogens is 258 g/mol. The quantitative estimate of drug-likeness (QED) is 0.879. The molecule has 0 spiro atoms. The summed E-state index contributed by atoms with van der Waals surface area (Å²) in [6, 6.07) is 4.08. The van der Waals surface area contributed by atoms with Gasteiger partial charge in [-0.3, -0.25) is 0 Å². The Hall–Kier alpha value is -1.04. The molecule has 0 aliphatic carbocycles. The van der Waals surface area contributed by atoms with Gasteiger partial charge in [0.15, 0.2) is 0 Å². The normalized spacial score (nSPS) is 10.0. The lowest BCUT2D eigenvalue weighted by atomic mass is 10.3. The number of thiophene rings is 1. The van der Waals surface area contributed by atoms with Crippen molar-refractivity contribution in [1.29, 1.82) is 0 Å². The average molecular weight is 274 g/mol. The van der Waals surface area contributed by atoms with Crippen LogP contribution in [0.15, 0.2) is 22.9 Å². The summed E-state index contributed by atoms with van der Waals surface area (Å²) in [6.07, 6.45) is 0. The summed E-state index contributed by atoms with van der Waals surface area (Å²) < 4.78 is 1.79. The summed E-state index contributed by atoms with van der Waals surface area (Å²) >= 11 is 1.69. The molecule has 2 rings (SSSR count). The lowest BCUT2D eigenvalue weighted by Crippen LogP contribution is -2.09. The summed E-state index contributed by atoms with van der Waals surface area (Å²) in [6.45, 7) is 3.37. The van der Waals surface area contributed by atoms with Gasteiger partial charge in [0.25, 0.3) is 0 Å². The van der Waals surface area contributed by atoms with Crippen molar-refractivity contribution in [1.82, 2.24) is 9.78 Å². The first-order valence-corrected chi connectivity index (χ1v) is 6.14. The van der Waals surface area contributed by atoms with Crippen LogP contribution in [-0.4, -0.2) is 21.5 Å². The molecule has 0 saturated carbocycles. The zero-order valence-corrected chi connectivity index (χ0v) is 11.2. The Balaban J connectivity index is 0.00000144. The van der Waals surface area contributed by atoms with Gasteiger partial charge < -0.3 is 10.4 Å². The van der Waals surface area contributed by atoms with E-state index < -0.39 is 0 Å². The van der Waals surface area contributed by atoms with Gasteiger partial charge >= 0.3 is 0 Å². The largest absolute Gasteiger partial charge is 0.394 e. The number of nitrogens with zero attached hydrogens (tertiary/aromatic N) is 2. The molecule has 0 atom stereocenters. The highest BCUT2D eigenvalue weighted by Crippen LogP contribution is 2.13. The van der Waals surface area contributed by atoms with Gasteiger partial charge in [0.1, 0.15) is 5.82 Å². The number of aliphatic hydroxyl groups is 1. The summed E-state index contributed by atoms with van der Waals surface area (Å²) in [7, 11) is 0. The van der Waals surface area contributed by atoms with Crippen molar-refractivity contribution in [2.24, 2.45) is 0 Å². The van der Waals surface area contributed by atoms with Gasteiger partial charge in [-0.05, 0) is 29.3 Å². The second kappa shape index (κ2) is 6.64. The van der Waals surface area contributed by atoms with E-state index in [1.807, 2.05) is 13.0 Å². The van der Waals surface area contributed by atoms with Crippen LogP contribution in [0, 0.1) is 6.92 Å². The molecule has 4 nitrogen and oxygen atoms in total. The van der Waals surface area contributed by atoms with Gasteiger partial charge in [0.2, 0.25) is 0 Å². The molecule has 2 N–H and O–H groups in total. The minimum atomic E-state index is 0. The second-order valence-electron chi connectivity index (χ2n) is 3.60. The Morgan fingerprint density at radius 2 is 2.35 bits per heavy atom. The average Bonchev–Trinajstić information content (AvgIpc) is 2.86. The molecule has 2 aromatic rings. The summed E-state index contributed by atoms with van der Waals surface area (Å²) in [5.74, 6) is 0.956. The van der Waals surface area contributed by atoms with E-state index in [1.165, 1.54) is 5.56 Å².